The van der Waals surface area contributed by atoms with Crippen molar-refractivity contribution in [2.45, 2.75) is 45.1 Å². The standard InChI is InChI=1S/C15H19N3O2S/c1-11-16-14(20-17-11)5-2-6-15(19)18-8-3-4-13(18)12-7-9-21-10-12/h7,9-10,13H,2-6,8H2,1H3/t13-/m1/s1. The first-order valence-electron chi connectivity index (χ1n) is 7.35. The first-order chi connectivity index (χ1) is 10.2. The average Bonchev–Trinajstić information content (AvgIpc) is 3.19. The number of carbonyl (C=O) groups excluding carboxylic acids is 1. The summed E-state index contributed by atoms with van der Waals surface area (Å²) in [5, 5.41) is 7.99. The molecule has 0 saturated carbocycles. The minimum atomic E-state index is 0.236. The second-order valence-corrected chi connectivity index (χ2v) is 6.17. The number of nitrogens with zero attached hydrogens (tertiary/aromatic N) is 3. The van der Waals surface area contributed by atoms with Gasteiger partial charge in [-0.3, -0.25) is 4.79 Å². The zero-order valence-electron chi connectivity index (χ0n) is 12.1. The molecule has 1 aliphatic rings. The number of amides is 1. The Bertz CT molecular complexity index is 594. The van der Waals surface area contributed by atoms with E-state index in [1.807, 2.05) is 4.90 Å². The smallest absolute Gasteiger partial charge is 0.226 e. The highest BCUT2D eigenvalue weighted by Crippen LogP contribution is 2.33. The molecule has 1 amide bonds. The van der Waals surface area contributed by atoms with E-state index in [0.717, 1.165) is 25.8 Å². The van der Waals surface area contributed by atoms with Gasteiger partial charge in [0.1, 0.15) is 0 Å². The monoisotopic (exact) mass is 305 g/mol. The molecule has 0 spiro atoms. The van der Waals surface area contributed by atoms with Gasteiger partial charge < -0.3 is 9.42 Å². The molecule has 0 aromatic carbocycles. The van der Waals surface area contributed by atoms with Gasteiger partial charge >= 0.3 is 0 Å². The maximum absolute atomic E-state index is 12.4. The van der Waals surface area contributed by atoms with Gasteiger partial charge in [0.15, 0.2) is 5.82 Å². The SMILES string of the molecule is Cc1noc(CCCC(=O)N2CCC[C@@H]2c2ccsc2)n1. The van der Waals surface area contributed by atoms with Gasteiger partial charge in [-0.25, -0.2) is 0 Å². The molecule has 2 aromatic heterocycles. The molecule has 0 bridgehead atoms. The van der Waals surface area contributed by atoms with Gasteiger partial charge in [-0.15, -0.1) is 0 Å². The van der Waals surface area contributed by atoms with Crippen molar-refractivity contribution in [3.8, 4) is 0 Å². The Kier molecular flexibility index (Phi) is 4.34. The molecule has 6 heteroatoms. The Labute approximate surface area is 128 Å². The summed E-state index contributed by atoms with van der Waals surface area (Å²) < 4.78 is 5.07. The number of hydrogen-bond donors (Lipinski definition) is 0. The van der Waals surface area contributed by atoms with Crippen molar-refractivity contribution in [1.82, 2.24) is 15.0 Å². The first-order valence-corrected chi connectivity index (χ1v) is 8.29. The molecule has 1 saturated heterocycles. The Morgan fingerprint density at radius 3 is 3.19 bits per heavy atom. The van der Waals surface area contributed by atoms with Crippen LogP contribution in [0.3, 0.4) is 0 Å². The van der Waals surface area contributed by atoms with E-state index in [1.165, 1.54) is 5.56 Å². The quantitative estimate of drug-likeness (QED) is 0.851. The van der Waals surface area contributed by atoms with E-state index in [0.29, 0.717) is 24.6 Å². The van der Waals surface area contributed by atoms with Crippen LogP contribution in [0.25, 0.3) is 0 Å². The summed E-state index contributed by atoms with van der Waals surface area (Å²) >= 11 is 1.69. The molecule has 21 heavy (non-hydrogen) atoms. The van der Waals surface area contributed by atoms with E-state index in [-0.39, 0.29) is 11.9 Å². The third-order valence-corrected chi connectivity index (χ3v) is 4.55. The van der Waals surface area contributed by atoms with Gasteiger partial charge in [-0.2, -0.15) is 16.3 Å². The van der Waals surface area contributed by atoms with E-state index < -0.39 is 0 Å². The molecule has 3 rings (SSSR count). The number of thiophene rings is 1. The van der Waals surface area contributed by atoms with Crippen LogP contribution in [0, 0.1) is 6.92 Å². The summed E-state index contributed by atoms with van der Waals surface area (Å²) in [6.45, 7) is 2.67. The number of aromatic nitrogens is 2. The fourth-order valence-electron chi connectivity index (χ4n) is 2.85. The van der Waals surface area contributed by atoms with Gasteiger partial charge in [0.2, 0.25) is 11.8 Å². The zero-order chi connectivity index (χ0) is 14.7. The van der Waals surface area contributed by atoms with Gasteiger partial charge in [0.25, 0.3) is 0 Å². The van der Waals surface area contributed by atoms with Crippen LogP contribution in [0.15, 0.2) is 21.3 Å². The van der Waals surface area contributed by atoms with Crippen LogP contribution < -0.4 is 0 Å². The van der Waals surface area contributed by atoms with Crippen LogP contribution in [0.2, 0.25) is 0 Å². The molecule has 5 nitrogen and oxygen atoms in total. The lowest BCUT2D eigenvalue weighted by Crippen LogP contribution is -2.30. The fourth-order valence-corrected chi connectivity index (χ4v) is 3.56. The van der Waals surface area contributed by atoms with Crippen molar-refractivity contribution in [1.29, 1.82) is 0 Å². The first kappa shape index (κ1) is 14.3. The van der Waals surface area contributed by atoms with E-state index >= 15 is 0 Å². The lowest BCUT2D eigenvalue weighted by atomic mass is 10.1. The van der Waals surface area contributed by atoms with Crippen LogP contribution in [-0.4, -0.2) is 27.5 Å². The molecule has 1 atom stereocenters. The van der Waals surface area contributed by atoms with Gasteiger partial charge in [0.05, 0.1) is 6.04 Å². The van der Waals surface area contributed by atoms with Crippen molar-refractivity contribution >= 4 is 17.2 Å². The number of aryl methyl sites for hydroxylation is 2. The van der Waals surface area contributed by atoms with Gasteiger partial charge in [-0.1, -0.05) is 5.16 Å². The normalized spacial score (nSPS) is 18.3. The maximum Gasteiger partial charge on any atom is 0.226 e. The van der Waals surface area contributed by atoms with Crippen molar-refractivity contribution < 1.29 is 9.32 Å². The molecule has 0 unspecified atom stereocenters. The van der Waals surface area contributed by atoms with E-state index in [1.54, 1.807) is 18.3 Å². The van der Waals surface area contributed by atoms with Crippen LogP contribution >= 0.6 is 11.3 Å². The number of hydrogen-bond acceptors (Lipinski definition) is 5. The molecule has 2 aromatic rings. The number of likely N-dealkylation sites (tertiary alicyclic amines) is 1. The highest BCUT2D eigenvalue weighted by atomic mass is 32.1. The fraction of sp³-hybridized carbons (Fsp3) is 0.533. The Morgan fingerprint density at radius 1 is 1.57 bits per heavy atom. The summed E-state index contributed by atoms with van der Waals surface area (Å²) in [6.07, 6.45) is 4.14. The van der Waals surface area contributed by atoms with Crippen LogP contribution in [0.5, 0.6) is 0 Å². The molecule has 3 heterocycles. The third-order valence-electron chi connectivity index (χ3n) is 3.85. The molecule has 0 aliphatic carbocycles. The highest BCUT2D eigenvalue weighted by molar-refractivity contribution is 7.07. The average molecular weight is 305 g/mol. The van der Waals surface area contributed by atoms with Crippen molar-refractivity contribution in [3.63, 3.8) is 0 Å². The summed E-state index contributed by atoms with van der Waals surface area (Å²) in [6, 6.07) is 2.40. The molecule has 0 radical (unpaired) electrons. The van der Waals surface area contributed by atoms with E-state index in [4.69, 9.17) is 4.52 Å². The zero-order valence-corrected chi connectivity index (χ0v) is 12.9. The lowest BCUT2D eigenvalue weighted by molar-refractivity contribution is -0.132. The molecular formula is C15H19N3O2S. The Morgan fingerprint density at radius 2 is 2.48 bits per heavy atom. The Hall–Kier alpha value is -1.69. The van der Waals surface area contributed by atoms with Crippen molar-refractivity contribution in [3.05, 3.63) is 34.1 Å². The summed E-state index contributed by atoms with van der Waals surface area (Å²) in [4.78, 5) is 18.6. The van der Waals surface area contributed by atoms with Gasteiger partial charge in [-0.05, 0) is 48.6 Å². The maximum atomic E-state index is 12.4. The predicted octanol–water partition coefficient (Wildman–Crippen LogP) is 3.13. The third kappa shape index (κ3) is 3.32. The highest BCUT2D eigenvalue weighted by Gasteiger charge is 2.29. The summed E-state index contributed by atoms with van der Waals surface area (Å²) in [5.41, 5.74) is 1.28. The van der Waals surface area contributed by atoms with Crippen LogP contribution in [0.4, 0.5) is 0 Å². The summed E-state index contributed by atoms with van der Waals surface area (Å²) in [7, 11) is 0. The number of carbonyl (C=O) groups is 1. The van der Waals surface area contributed by atoms with Crippen molar-refractivity contribution in [2.75, 3.05) is 6.54 Å². The van der Waals surface area contributed by atoms with E-state index in [9.17, 15) is 4.79 Å². The minimum absolute atomic E-state index is 0.236. The van der Waals surface area contributed by atoms with Crippen LogP contribution in [0.1, 0.15) is 49.0 Å². The molecule has 1 aliphatic heterocycles. The molecular weight excluding hydrogens is 286 g/mol. The second kappa shape index (κ2) is 6.39. The number of rotatable bonds is 5. The Balaban J connectivity index is 1.52. The second-order valence-electron chi connectivity index (χ2n) is 5.39. The summed E-state index contributed by atoms with van der Waals surface area (Å²) in [5.74, 6) is 1.50. The molecule has 1 fully saturated rings. The largest absolute Gasteiger partial charge is 0.339 e. The lowest BCUT2D eigenvalue weighted by Gasteiger charge is -2.24. The van der Waals surface area contributed by atoms with Crippen LogP contribution in [-0.2, 0) is 11.2 Å². The van der Waals surface area contributed by atoms with E-state index in [2.05, 4.69) is 27.0 Å². The molecule has 0 N–H and O–H groups in total. The van der Waals surface area contributed by atoms with Gasteiger partial charge in [0, 0.05) is 19.4 Å². The molecule has 112 valence electrons. The predicted molar refractivity (Wildman–Crippen MR) is 80.0 cm³/mol. The topological polar surface area (TPSA) is 59.2 Å². The van der Waals surface area contributed by atoms with Crippen molar-refractivity contribution in [2.24, 2.45) is 0 Å². The minimum Gasteiger partial charge on any atom is -0.339 e.